The Kier molecular flexibility index (Phi) is 4.42. The monoisotopic (exact) mass is 341 g/mol. The maximum atomic E-state index is 5.94. The van der Waals surface area contributed by atoms with Gasteiger partial charge in [-0.15, -0.1) is 21.5 Å². The zero-order valence-electron chi connectivity index (χ0n) is 13.5. The summed E-state index contributed by atoms with van der Waals surface area (Å²) in [6.45, 7) is 4.50. The van der Waals surface area contributed by atoms with Gasteiger partial charge in [-0.05, 0) is 23.9 Å². The molecule has 0 saturated carbocycles. The van der Waals surface area contributed by atoms with Crippen LogP contribution in [0.4, 0.5) is 0 Å². The van der Waals surface area contributed by atoms with Gasteiger partial charge in [0, 0.05) is 13.1 Å². The van der Waals surface area contributed by atoms with E-state index in [-0.39, 0.29) is 12.1 Å². The number of rotatable bonds is 4. The van der Waals surface area contributed by atoms with Crippen LogP contribution in [0.5, 0.6) is 0 Å². The van der Waals surface area contributed by atoms with E-state index in [1.54, 1.807) is 11.3 Å². The van der Waals surface area contributed by atoms with Crippen molar-refractivity contribution in [3.05, 3.63) is 59.3 Å². The van der Waals surface area contributed by atoms with E-state index in [0.29, 0.717) is 18.4 Å². The molecule has 0 bridgehead atoms. The minimum atomic E-state index is 0.0707. The lowest BCUT2D eigenvalue weighted by molar-refractivity contribution is -0.0463. The molecule has 6 heteroatoms. The topological polar surface area (TPSA) is 51.4 Å². The van der Waals surface area contributed by atoms with Gasteiger partial charge in [0.1, 0.15) is 0 Å². The molecule has 1 aliphatic rings. The van der Waals surface area contributed by atoms with Crippen LogP contribution in [0.1, 0.15) is 30.5 Å². The summed E-state index contributed by atoms with van der Waals surface area (Å²) in [7, 11) is 0. The Labute approximate surface area is 144 Å². The summed E-state index contributed by atoms with van der Waals surface area (Å²) in [4.78, 5) is 3.34. The first kappa shape index (κ1) is 15.5. The summed E-state index contributed by atoms with van der Waals surface area (Å²) >= 11 is 1.60. The van der Waals surface area contributed by atoms with E-state index in [4.69, 9.17) is 9.15 Å². The predicted molar refractivity (Wildman–Crippen MR) is 92.7 cm³/mol. The number of aromatic nitrogens is 2. The average molecular weight is 341 g/mol. The van der Waals surface area contributed by atoms with Crippen molar-refractivity contribution in [2.75, 3.05) is 19.7 Å². The molecule has 0 spiro atoms. The van der Waals surface area contributed by atoms with E-state index in [1.807, 2.05) is 35.7 Å². The maximum Gasteiger partial charge on any atom is 0.257 e. The SMILES string of the molecule is C[C@@H](c1nnc(-c2cccs2)o1)N1CCO[C@@H](c2ccccc2)C1. The van der Waals surface area contributed by atoms with Gasteiger partial charge in [0.15, 0.2) is 0 Å². The Morgan fingerprint density at radius 2 is 2.04 bits per heavy atom. The molecule has 0 aliphatic carbocycles. The Balaban J connectivity index is 1.49. The molecule has 1 aromatic carbocycles. The van der Waals surface area contributed by atoms with Crippen LogP contribution >= 0.6 is 11.3 Å². The van der Waals surface area contributed by atoms with Crippen LogP contribution in [0.3, 0.4) is 0 Å². The van der Waals surface area contributed by atoms with Crippen molar-refractivity contribution in [1.29, 1.82) is 0 Å². The Hall–Kier alpha value is -2.02. The quantitative estimate of drug-likeness (QED) is 0.719. The third-order valence-electron chi connectivity index (χ3n) is 4.35. The Bertz CT molecular complexity index is 773. The maximum absolute atomic E-state index is 5.94. The molecule has 1 aliphatic heterocycles. The molecular weight excluding hydrogens is 322 g/mol. The van der Waals surface area contributed by atoms with Crippen molar-refractivity contribution in [3.63, 3.8) is 0 Å². The summed E-state index contributed by atoms with van der Waals surface area (Å²) in [5, 5.41) is 10.4. The van der Waals surface area contributed by atoms with E-state index in [1.165, 1.54) is 5.56 Å². The molecule has 5 nitrogen and oxygen atoms in total. The fourth-order valence-electron chi connectivity index (χ4n) is 2.95. The van der Waals surface area contributed by atoms with Crippen molar-refractivity contribution in [2.45, 2.75) is 19.1 Å². The first-order chi connectivity index (χ1) is 11.8. The lowest BCUT2D eigenvalue weighted by atomic mass is 10.1. The summed E-state index contributed by atoms with van der Waals surface area (Å²) in [5.41, 5.74) is 1.21. The third-order valence-corrected chi connectivity index (χ3v) is 5.20. The minimum absolute atomic E-state index is 0.0707. The molecule has 3 aromatic rings. The first-order valence-corrected chi connectivity index (χ1v) is 8.97. The second kappa shape index (κ2) is 6.84. The molecule has 2 atom stereocenters. The normalized spacial score (nSPS) is 20.1. The average Bonchev–Trinajstić information content (AvgIpc) is 3.33. The number of thiophene rings is 1. The third kappa shape index (κ3) is 3.13. The highest BCUT2D eigenvalue weighted by atomic mass is 32.1. The van der Waals surface area contributed by atoms with Crippen molar-refractivity contribution in [1.82, 2.24) is 15.1 Å². The predicted octanol–water partition coefficient (Wildman–Crippen LogP) is 3.93. The molecule has 3 heterocycles. The molecule has 0 amide bonds. The first-order valence-electron chi connectivity index (χ1n) is 8.09. The van der Waals surface area contributed by atoms with E-state index < -0.39 is 0 Å². The zero-order valence-corrected chi connectivity index (χ0v) is 14.3. The van der Waals surface area contributed by atoms with Gasteiger partial charge in [-0.25, -0.2) is 0 Å². The van der Waals surface area contributed by atoms with Crippen LogP contribution in [-0.4, -0.2) is 34.8 Å². The van der Waals surface area contributed by atoms with Gasteiger partial charge in [-0.2, -0.15) is 0 Å². The van der Waals surface area contributed by atoms with Gasteiger partial charge in [0.05, 0.1) is 23.6 Å². The van der Waals surface area contributed by atoms with Crippen LogP contribution in [0.2, 0.25) is 0 Å². The molecule has 124 valence electrons. The second-order valence-electron chi connectivity index (χ2n) is 5.86. The molecule has 1 saturated heterocycles. The van der Waals surface area contributed by atoms with Crippen LogP contribution in [0, 0.1) is 0 Å². The number of ether oxygens (including phenoxy) is 1. The highest BCUT2D eigenvalue weighted by Gasteiger charge is 2.28. The largest absolute Gasteiger partial charge is 0.418 e. The molecular formula is C18H19N3O2S. The van der Waals surface area contributed by atoms with Crippen molar-refractivity contribution < 1.29 is 9.15 Å². The van der Waals surface area contributed by atoms with Crippen LogP contribution in [0.15, 0.2) is 52.3 Å². The highest BCUT2D eigenvalue weighted by molar-refractivity contribution is 7.13. The van der Waals surface area contributed by atoms with Gasteiger partial charge in [0.2, 0.25) is 5.89 Å². The summed E-state index contributed by atoms with van der Waals surface area (Å²) in [5.74, 6) is 1.26. The van der Waals surface area contributed by atoms with Gasteiger partial charge in [-0.1, -0.05) is 36.4 Å². The van der Waals surface area contributed by atoms with Gasteiger partial charge >= 0.3 is 0 Å². The highest BCUT2D eigenvalue weighted by Crippen LogP contribution is 2.30. The summed E-state index contributed by atoms with van der Waals surface area (Å²) in [6.07, 6.45) is 0.0853. The number of hydrogen-bond acceptors (Lipinski definition) is 6. The number of nitrogens with zero attached hydrogens (tertiary/aromatic N) is 3. The van der Waals surface area contributed by atoms with Crippen molar-refractivity contribution in [3.8, 4) is 10.8 Å². The fraction of sp³-hybridized carbons (Fsp3) is 0.333. The van der Waals surface area contributed by atoms with E-state index in [2.05, 4.69) is 34.2 Å². The molecule has 4 rings (SSSR count). The van der Waals surface area contributed by atoms with Crippen molar-refractivity contribution >= 4 is 11.3 Å². The molecule has 0 radical (unpaired) electrons. The fourth-order valence-corrected chi connectivity index (χ4v) is 3.59. The van der Waals surface area contributed by atoms with E-state index >= 15 is 0 Å². The Morgan fingerprint density at radius 3 is 2.83 bits per heavy atom. The van der Waals surface area contributed by atoms with Gasteiger partial charge in [-0.3, -0.25) is 4.90 Å². The van der Waals surface area contributed by atoms with Gasteiger partial charge < -0.3 is 9.15 Å². The van der Waals surface area contributed by atoms with E-state index in [9.17, 15) is 0 Å². The molecule has 0 N–H and O–H groups in total. The molecule has 24 heavy (non-hydrogen) atoms. The molecule has 1 fully saturated rings. The van der Waals surface area contributed by atoms with Crippen LogP contribution in [0.25, 0.3) is 10.8 Å². The van der Waals surface area contributed by atoms with Crippen LogP contribution < -0.4 is 0 Å². The van der Waals surface area contributed by atoms with Crippen molar-refractivity contribution in [2.24, 2.45) is 0 Å². The number of benzene rings is 1. The zero-order chi connectivity index (χ0) is 16.4. The minimum Gasteiger partial charge on any atom is -0.418 e. The summed E-state index contributed by atoms with van der Waals surface area (Å²) < 4.78 is 11.8. The number of hydrogen-bond donors (Lipinski definition) is 0. The standard InChI is InChI=1S/C18H19N3O2S/c1-13(17-19-20-18(23-17)16-8-5-11-24-16)21-9-10-22-15(12-21)14-6-3-2-4-7-14/h2-8,11,13,15H,9-10,12H2,1H3/t13-,15+/m0/s1. The Morgan fingerprint density at radius 1 is 1.17 bits per heavy atom. The molecule has 0 unspecified atom stereocenters. The second-order valence-corrected chi connectivity index (χ2v) is 6.81. The van der Waals surface area contributed by atoms with Crippen LogP contribution in [-0.2, 0) is 4.74 Å². The van der Waals surface area contributed by atoms with E-state index in [0.717, 1.165) is 18.0 Å². The number of morpholine rings is 1. The summed E-state index contributed by atoms with van der Waals surface area (Å²) in [6, 6.07) is 14.4. The van der Waals surface area contributed by atoms with Gasteiger partial charge in [0.25, 0.3) is 5.89 Å². The molecule has 2 aromatic heterocycles. The lowest BCUT2D eigenvalue weighted by Crippen LogP contribution is -2.40. The smallest absolute Gasteiger partial charge is 0.257 e. The lowest BCUT2D eigenvalue weighted by Gasteiger charge is -2.35.